The molecule has 0 radical (unpaired) electrons. The number of carboxylic acid groups (broad SMARTS) is 1. The number of rotatable bonds is 4. The second kappa shape index (κ2) is 6.37. The van der Waals surface area contributed by atoms with Crippen LogP contribution < -0.4 is 5.11 Å². The third-order valence-corrected chi connectivity index (χ3v) is 6.27. The zero-order chi connectivity index (χ0) is 17.3. The SMILES string of the molecule is Cc1ccc(S(=O)(=O)N2CCc3ccccc3[C@@H]2CC(=O)[O-])cc1. The summed E-state index contributed by atoms with van der Waals surface area (Å²) in [6.45, 7) is 2.14. The molecule has 1 atom stereocenters. The van der Waals surface area contributed by atoms with Gasteiger partial charge in [0.05, 0.1) is 10.9 Å². The lowest BCUT2D eigenvalue weighted by molar-refractivity contribution is -0.306. The molecule has 0 aliphatic carbocycles. The van der Waals surface area contributed by atoms with E-state index in [1.54, 1.807) is 36.4 Å². The molecule has 1 aliphatic rings. The Morgan fingerprint density at radius 1 is 1.17 bits per heavy atom. The van der Waals surface area contributed by atoms with Gasteiger partial charge in [-0.25, -0.2) is 8.42 Å². The van der Waals surface area contributed by atoms with Gasteiger partial charge in [-0.2, -0.15) is 4.31 Å². The molecule has 5 nitrogen and oxygen atoms in total. The normalized spacial score (nSPS) is 18.1. The van der Waals surface area contributed by atoms with Crippen molar-refractivity contribution < 1.29 is 18.3 Å². The van der Waals surface area contributed by atoms with Crippen LogP contribution in [0.4, 0.5) is 0 Å². The summed E-state index contributed by atoms with van der Waals surface area (Å²) in [7, 11) is -3.77. The van der Waals surface area contributed by atoms with E-state index >= 15 is 0 Å². The molecule has 2 aromatic carbocycles. The van der Waals surface area contributed by atoms with Crippen LogP contribution in [0.5, 0.6) is 0 Å². The first-order valence-corrected chi connectivity index (χ1v) is 9.20. The zero-order valence-electron chi connectivity index (χ0n) is 13.3. The summed E-state index contributed by atoms with van der Waals surface area (Å²) in [5.41, 5.74) is 2.69. The van der Waals surface area contributed by atoms with Crippen molar-refractivity contribution >= 4 is 16.0 Å². The Kier molecular flexibility index (Phi) is 4.43. The highest BCUT2D eigenvalue weighted by molar-refractivity contribution is 7.89. The first-order chi connectivity index (χ1) is 11.4. The number of aryl methyl sites for hydroxylation is 1. The summed E-state index contributed by atoms with van der Waals surface area (Å²) in [5.74, 6) is -1.26. The van der Waals surface area contributed by atoms with E-state index in [-0.39, 0.29) is 17.9 Å². The molecule has 6 heteroatoms. The smallest absolute Gasteiger partial charge is 0.243 e. The Morgan fingerprint density at radius 2 is 1.83 bits per heavy atom. The highest BCUT2D eigenvalue weighted by Crippen LogP contribution is 2.36. The van der Waals surface area contributed by atoms with Gasteiger partial charge in [0, 0.05) is 18.9 Å². The van der Waals surface area contributed by atoms with E-state index in [2.05, 4.69) is 0 Å². The molecule has 0 unspecified atom stereocenters. The van der Waals surface area contributed by atoms with E-state index in [1.807, 2.05) is 19.1 Å². The summed E-state index contributed by atoms with van der Waals surface area (Å²) in [5, 5.41) is 11.2. The number of hydrogen-bond acceptors (Lipinski definition) is 4. The Labute approximate surface area is 141 Å². The number of sulfonamides is 1. The van der Waals surface area contributed by atoms with Gasteiger partial charge in [-0.05, 0) is 36.6 Å². The zero-order valence-corrected chi connectivity index (χ0v) is 14.1. The van der Waals surface area contributed by atoms with E-state index < -0.39 is 22.0 Å². The summed E-state index contributed by atoms with van der Waals surface area (Å²) in [4.78, 5) is 11.4. The number of carbonyl (C=O) groups is 1. The quantitative estimate of drug-likeness (QED) is 0.840. The van der Waals surface area contributed by atoms with Crippen LogP contribution in [0.25, 0.3) is 0 Å². The summed E-state index contributed by atoms with van der Waals surface area (Å²) in [6, 6.07) is 13.2. The van der Waals surface area contributed by atoms with E-state index in [1.165, 1.54) is 4.31 Å². The molecule has 0 bridgehead atoms. The largest absolute Gasteiger partial charge is 0.550 e. The van der Waals surface area contributed by atoms with Crippen LogP contribution in [-0.4, -0.2) is 25.2 Å². The van der Waals surface area contributed by atoms with Crippen molar-refractivity contribution in [3.8, 4) is 0 Å². The Bertz CT molecular complexity index is 859. The summed E-state index contributed by atoms with van der Waals surface area (Å²) in [6.07, 6.45) is 0.201. The van der Waals surface area contributed by atoms with Crippen LogP contribution >= 0.6 is 0 Å². The van der Waals surface area contributed by atoms with Crippen molar-refractivity contribution in [3.63, 3.8) is 0 Å². The summed E-state index contributed by atoms with van der Waals surface area (Å²) >= 11 is 0. The first kappa shape index (κ1) is 16.7. The minimum absolute atomic E-state index is 0.177. The second-order valence-electron chi connectivity index (χ2n) is 5.97. The van der Waals surface area contributed by atoms with Crippen molar-refractivity contribution in [1.82, 2.24) is 4.31 Å². The third kappa shape index (κ3) is 3.07. The van der Waals surface area contributed by atoms with E-state index in [9.17, 15) is 18.3 Å². The van der Waals surface area contributed by atoms with Crippen LogP contribution in [0, 0.1) is 6.92 Å². The molecule has 0 amide bonds. The Morgan fingerprint density at radius 3 is 2.50 bits per heavy atom. The molecule has 0 N–H and O–H groups in total. The van der Waals surface area contributed by atoms with Crippen molar-refractivity contribution in [1.29, 1.82) is 0 Å². The number of carboxylic acids is 1. The fraction of sp³-hybridized carbons (Fsp3) is 0.278. The molecule has 3 rings (SSSR count). The maximum absolute atomic E-state index is 13.0. The topological polar surface area (TPSA) is 77.5 Å². The van der Waals surface area contributed by atoms with Gasteiger partial charge in [-0.1, -0.05) is 42.0 Å². The van der Waals surface area contributed by atoms with Gasteiger partial charge in [-0.15, -0.1) is 0 Å². The second-order valence-corrected chi connectivity index (χ2v) is 7.86. The number of benzene rings is 2. The molecule has 126 valence electrons. The molecule has 24 heavy (non-hydrogen) atoms. The van der Waals surface area contributed by atoms with Gasteiger partial charge in [0.2, 0.25) is 10.0 Å². The Balaban J connectivity index is 2.05. The maximum Gasteiger partial charge on any atom is 0.243 e. The summed E-state index contributed by atoms with van der Waals surface area (Å²) < 4.78 is 27.3. The van der Waals surface area contributed by atoms with Crippen LogP contribution in [0.15, 0.2) is 53.4 Å². The number of hydrogen-bond donors (Lipinski definition) is 0. The van der Waals surface area contributed by atoms with Crippen molar-refractivity contribution in [2.75, 3.05) is 6.54 Å². The molecule has 0 spiro atoms. The lowest BCUT2D eigenvalue weighted by Crippen LogP contribution is -2.42. The average molecular weight is 344 g/mol. The fourth-order valence-electron chi connectivity index (χ4n) is 3.13. The van der Waals surface area contributed by atoms with E-state index in [4.69, 9.17) is 0 Å². The molecule has 0 saturated heterocycles. The number of carbonyl (C=O) groups excluding carboxylic acids is 1. The molecule has 0 fully saturated rings. The first-order valence-electron chi connectivity index (χ1n) is 7.76. The van der Waals surface area contributed by atoms with Gasteiger partial charge in [0.15, 0.2) is 0 Å². The molecule has 2 aromatic rings. The van der Waals surface area contributed by atoms with E-state index in [0.29, 0.717) is 6.42 Å². The Hall–Kier alpha value is -2.18. The van der Waals surface area contributed by atoms with Crippen molar-refractivity contribution in [2.45, 2.75) is 30.7 Å². The number of nitrogens with zero attached hydrogens (tertiary/aromatic N) is 1. The van der Waals surface area contributed by atoms with Crippen molar-refractivity contribution in [2.24, 2.45) is 0 Å². The highest BCUT2D eigenvalue weighted by atomic mass is 32.2. The van der Waals surface area contributed by atoms with Gasteiger partial charge in [-0.3, -0.25) is 0 Å². The number of fused-ring (bicyclic) bond motifs is 1. The van der Waals surface area contributed by atoms with Crippen molar-refractivity contribution in [3.05, 3.63) is 65.2 Å². The van der Waals surface area contributed by atoms with Gasteiger partial charge < -0.3 is 9.90 Å². The standard InChI is InChI=1S/C18H19NO4S/c1-13-6-8-15(9-7-13)24(22,23)19-11-10-14-4-2-3-5-16(14)17(19)12-18(20)21/h2-9,17H,10-12H2,1H3,(H,20,21)/p-1/t17-/m0/s1. The predicted octanol–water partition coefficient (Wildman–Crippen LogP) is 1.42. The monoisotopic (exact) mass is 344 g/mol. The average Bonchev–Trinajstić information content (AvgIpc) is 2.55. The van der Waals surface area contributed by atoms with E-state index in [0.717, 1.165) is 16.7 Å². The van der Waals surface area contributed by atoms with Gasteiger partial charge in [0.25, 0.3) is 0 Å². The molecule has 0 saturated carbocycles. The fourth-order valence-corrected chi connectivity index (χ4v) is 4.74. The highest BCUT2D eigenvalue weighted by Gasteiger charge is 2.36. The molecular weight excluding hydrogens is 326 g/mol. The minimum Gasteiger partial charge on any atom is -0.550 e. The molecule has 1 aliphatic heterocycles. The lowest BCUT2D eigenvalue weighted by Gasteiger charge is -2.36. The minimum atomic E-state index is -3.77. The molecule has 0 aromatic heterocycles. The predicted molar refractivity (Wildman–Crippen MR) is 87.6 cm³/mol. The van der Waals surface area contributed by atoms with Crippen LogP contribution in [0.2, 0.25) is 0 Å². The van der Waals surface area contributed by atoms with Crippen LogP contribution in [0.1, 0.15) is 29.2 Å². The van der Waals surface area contributed by atoms with Crippen LogP contribution in [-0.2, 0) is 21.2 Å². The third-order valence-electron chi connectivity index (χ3n) is 4.35. The van der Waals surface area contributed by atoms with Crippen LogP contribution in [0.3, 0.4) is 0 Å². The molecule has 1 heterocycles. The van der Waals surface area contributed by atoms with Gasteiger partial charge in [0.1, 0.15) is 0 Å². The lowest BCUT2D eigenvalue weighted by atomic mass is 9.92. The molecular formula is C18H18NO4S-. The number of aliphatic carboxylic acids is 1. The van der Waals surface area contributed by atoms with Gasteiger partial charge >= 0.3 is 0 Å². The maximum atomic E-state index is 13.0.